The molecule has 0 aliphatic heterocycles. The van der Waals surface area contributed by atoms with Gasteiger partial charge >= 0.3 is 0 Å². The summed E-state index contributed by atoms with van der Waals surface area (Å²) in [4.78, 5) is 0. The Kier molecular flexibility index (Phi) is 5.58. The van der Waals surface area contributed by atoms with Gasteiger partial charge in [-0.2, -0.15) is 10.2 Å². The van der Waals surface area contributed by atoms with Crippen LogP contribution in [-0.4, -0.2) is 26.1 Å². The summed E-state index contributed by atoms with van der Waals surface area (Å²) in [6, 6.07) is 18.4. The van der Waals surface area contributed by atoms with E-state index in [0.717, 1.165) is 42.0 Å². The number of aryl methyl sites for hydroxylation is 1. The van der Waals surface area contributed by atoms with E-state index in [9.17, 15) is 4.39 Å². The van der Waals surface area contributed by atoms with Crippen molar-refractivity contribution < 1.29 is 4.39 Å². The molecule has 0 amide bonds. The molecule has 28 heavy (non-hydrogen) atoms. The van der Waals surface area contributed by atoms with E-state index < -0.39 is 0 Å². The van der Waals surface area contributed by atoms with Gasteiger partial charge in [-0.3, -0.25) is 4.68 Å². The number of nitrogens with zero attached hydrogens (tertiary/aromatic N) is 4. The zero-order chi connectivity index (χ0) is 19.2. The van der Waals surface area contributed by atoms with E-state index in [-0.39, 0.29) is 5.82 Å². The van der Waals surface area contributed by atoms with Crippen molar-refractivity contribution in [3.63, 3.8) is 0 Å². The zero-order valence-electron chi connectivity index (χ0n) is 15.5. The summed E-state index contributed by atoms with van der Waals surface area (Å²) in [6.45, 7) is 2.45. The fourth-order valence-electron chi connectivity index (χ4n) is 3.12. The van der Waals surface area contributed by atoms with Gasteiger partial charge in [0.1, 0.15) is 5.82 Å². The predicted molar refractivity (Wildman–Crippen MR) is 108 cm³/mol. The van der Waals surface area contributed by atoms with Crippen LogP contribution < -0.4 is 5.32 Å². The van der Waals surface area contributed by atoms with Crippen molar-refractivity contribution in [3.8, 4) is 16.9 Å². The molecule has 6 heteroatoms. The van der Waals surface area contributed by atoms with Crippen molar-refractivity contribution in [1.82, 2.24) is 24.9 Å². The summed E-state index contributed by atoms with van der Waals surface area (Å²) in [5.74, 6) is -0.246. The van der Waals surface area contributed by atoms with Crippen molar-refractivity contribution in [2.75, 3.05) is 6.54 Å². The largest absolute Gasteiger partial charge is 0.312 e. The van der Waals surface area contributed by atoms with Gasteiger partial charge in [0.2, 0.25) is 0 Å². The van der Waals surface area contributed by atoms with Gasteiger partial charge in [0.15, 0.2) is 0 Å². The van der Waals surface area contributed by atoms with Crippen molar-refractivity contribution in [3.05, 3.63) is 90.6 Å². The molecule has 2 heterocycles. The molecule has 0 bridgehead atoms. The third-order valence-electron chi connectivity index (χ3n) is 4.54. The van der Waals surface area contributed by atoms with Gasteiger partial charge in [0.25, 0.3) is 0 Å². The second-order valence-electron chi connectivity index (χ2n) is 6.59. The first kappa shape index (κ1) is 18.1. The van der Waals surface area contributed by atoms with Crippen LogP contribution in [0.2, 0.25) is 0 Å². The highest BCUT2D eigenvalue weighted by atomic mass is 19.1. The SMILES string of the molecule is Fc1ccc(-c2nn(-c3ccccc3)cc2CNCCCn2cccn2)cc1. The molecule has 4 rings (SSSR count). The Labute approximate surface area is 163 Å². The molecule has 0 unspecified atom stereocenters. The first-order valence-corrected chi connectivity index (χ1v) is 9.38. The normalized spacial score (nSPS) is 11.0. The third kappa shape index (κ3) is 4.35. The van der Waals surface area contributed by atoms with Gasteiger partial charge in [0, 0.05) is 42.8 Å². The smallest absolute Gasteiger partial charge is 0.123 e. The quantitative estimate of drug-likeness (QED) is 0.473. The predicted octanol–water partition coefficient (Wildman–Crippen LogP) is 4.05. The average molecular weight is 375 g/mol. The standard InChI is InChI=1S/C22H22FN5/c23-20-10-8-18(9-11-20)22-19(16-24-12-4-14-27-15-5-13-25-27)17-28(26-22)21-6-2-1-3-7-21/h1-3,5-11,13,15,17,24H,4,12,14,16H2. The van der Waals surface area contributed by atoms with E-state index >= 15 is 0 Å². The van der Waals surface area contributed by atoms with Gasteiger partial charge in [-0.1, -0.05) is 18.2 Å². The van der Waals surface area contributed by atoms with Crippen LogP contribution in [0.15, 0.2) is 79.3 Å². The minimum Gasteiger partial charge on any atom is -0.312 e. The highest BCUT2D eigenvalue weighted by Gasteiger charge is 2.12. The number of rotatable bonds is 8. The van der Waals surface area contributed by atoms with Gasteiger partial charge in [-0.05, 0) is 55.4 Å². The third-order valence-corrected chi connectivity index (χ3v) is 4.54. The van der Waals surface area contributed by atoms with E-state index in [1.807, 2.05) is 58.2 Å². The van der Waals surface area contributed by atoms with E-state index in [1.54, 1.807) is 18.3 Å². The number of hydrogen-bond acceptors (Lipinski definition) is 3. The highest BCUT2D eigenvalue weighted by molar-refractivity contribution is 5.63. The zero-order valence-corrected chi connectivity index (χ0v) is 15.5. The number of benzene rings is 2. The van der Waals surface area contributed by atoms with E-state index in [1.165, 1.54) is 12.1 Å². The summed E-state index contributed by atoms with van der Waals surface area (Å²) in [5, 5.41) is 12.5. The van der Waals surface area contributed by atoms with E-state index in [4.69, 9.17) is 5.10 Å². The second kappa shape index (κ2) is 8.63. The number of nitrogens with one attached hydrogen (secondary N) is 1. The summed E-state index contributed by atoms with van der Waals surface area (Å²) < 4.78 is 17.1. The topological polar surface area (TPSA) is 47.7 Å². The Balaban J connectivity index is 1.49. The molecule has 0 saturated heterocycles. The van der Waals surface area contributed by atoms with Gasteiger partial charge in [-0.15, -0.1) is 0 Å². The first-order valence-electron chi connectivity index (χ1n) is 9.38. The van der Waals surface area contributed by atoms with E-state index in [2.05, 4.69) is 10.4 Å². The summed E-state index contributed by atoms with van der Waals surface area (Å²) >= 11 is 0. The van der Waals surface area contributed by atoms with Crippen LogP contribution in [0.3, 0.4) is 0 Å². The van der Waals surface area contributed by atoms with Crippen LogP contribution in [0.25, 0.3) is 16.9 Å². The lowest BCUT2D eigenvalue weighted by Crippen LogP contribution is -2.16. The summed E-state index contributed by atoms with van der Waals surface area (Å²) in [6.07, 6.45) is 6.78. The molecule has 0 spiro atoms. The Morgan fingerprint density at radius 1 is 0.964 bits per heavy atom. The van der Waals surface area contributed by atoms with Gasteiger partial charge < -0.3 is 5.32 Å². The minimum absolute atomic E-state index is 0.246. The Bertz CT molecular complexity index is 991. The lowest BCUT2D eigenvalue weighted by atomic mass is 10.1. The molecule has 0 fully saturated rings. The maximum Gasteiger partial charge on any atom is 0.123 e. The first-order chi connectivity index (χ1) is 13.8. The summed E-state index contributed by atoms with van der Waals surface area (Å²) in [5.41, 5.74) is 3.85. The van der Waals surface area contributed by atoms with Gasteiger partial charge in [0.05, 0.1) is 11.4 Å². The number of para-hydroxylation sites is 1. The molecule has 2 aromatic carbocycles. The molecule has 0 aliphatic carbocycles. The van der Waals surface area contributed by atoms with Crippen LogP contribution >= 0.6 is 0 Å². The second-order valence-corrected chi connectivity index (χ2v) is 6.59. The lowest BCUT2D eigenvalue weighted by molar-refractivity contribution is 0.543. The van der Waals surface area contributed by atoms with Crippen LogP contribution in [-0.2, 0) is 13.1 Å². The molecular weight excluding hydrogens is 353 g/mol. The number of halogens is 1. The van der Waals surface area contributed by atoms with Crippen molar-refractivity contribution in [1.29, 1.82) is 0 Å². The van der Waals surface area contributed by atoms with Crippen molar-refractivity contribution in [2.45, 2.75) is 19.5 Å². The fourth-order valence-corrected chi connectivity index (χ4v) is 3.12. The van der Waals surface area contributed by atoms with Crippen molar-refractivity contribution >= 4 is 0 Å². The average Bonchev–Trinajstić information content (AvgIpc) is 3.39. The minimum atomic E-state index is -0.246. The van der Waals surface area contributed by atoms with E-state index in [0.29, 0.717) is 6.54 Å². The number of aromatic nitrogens is 4. The number of hydrogen-bond donors (Lipinski definition) is 1. The van der Waals surface area contributed by atoms with Crippen LogP contribution in [0.5, 0.6) is 0 Å². The Morgan fingerprint density at radius 2 is 1.79 bits per heavy atom. The molecular formula is C22H22FN5. The molecule has 0 aliphatic rings. The lowest BCUT2D eigenvalue weighted by Gasteiger charge is -2.06. The molecule has 4 aromatic rings. The molecule has 2 aromatic heterocycles. The fraction of sp³-hybridized carbons (Fsp3) is 0.182. The highest BCUT2D eigenvalue weighted by Crippen LogP contribution is 2.24. The summed E-state index contributed by atoms with van der Waals surface area (Å²) in [7, 11) is 0. The molecule has 0 atom stereocenters. The molecule has 0 saturated carbocycles. The Morgan fingerprint density at radius 3 is 2.54 bits per heavy atom. The van der Waals surface area contributed by atoms with Crippen molar-refractivity contribution in [2.24, 2.45) is 0 Å². The molecule has 142 valence electrons. The maximum atomic E-state index is 13.3. The van der Waals surface area contributed by atoms with Crippen LogP contribution in [0, 0.1) is 5.82 Å². The van der Waals surface area contributed by atoms with Gasteiger partial charge in [-0.25, -0.2) is 9.07 Å². The maximum absolute atomic E-state index is 13.3. The Hall–Kier alpha value is -3.25. The van der Waals surface area contributed by atoms with Crippen LogP contribution in [0.4, 0.5) is 4.39 Å². The molecule has 5 nitrogen and oxygen atoms in total. The monoisotopic (exact) mass is 375 g/mol. The van der Waals surface area contributed by atoms with Crippen LogP contribution in [0.1, 0.15) is 12.0 Å². The molecule has 1 N–H and O–H groups in total. The molecule has 0 radical (unpaired) electrons.